The minimum Gasteiger partial charge on any atom is -0.460 e. The van der Waals surface area contributed by atoms with Crippen LogP contribution in [0.2, 0.25) is 15.1 Å². The maximum absolute atomic E-state index is 14.7. The lowest BCUT2D eigenvalue weighted by Gasteiger charge is -2.26. The van der Waals surface area contributed by atoms with E-state index in [4.69, 9.17) is 84.2 Å². The summed E-state index contributed by atoms with van der Waals surface area (Å²) in [5.41, 5.74) is 10.2. The Morgan fingerprint density at radius 1 is 0.479 bits per heavy atom. The van der Waals surface area contributed by atoms with E-state index in [1.165, 1.54) is 4.88 Å². The van der Waals surface area contributed by atoms with Gasteiger partial charge in [0.15, 0.2) is 5.82 Å². The summed E-state index contributed by atoms with van der Waals surface area (Å²) in [6.45, 7) is 27.9. The number of carbonyl (C=O) groups excluding carboxylic acids is 3. The number of esters is 3. The summed E-state index contributed by atoms with van der Waals surface area (Å²) in [7, 11) is 0. The number of rotatable bonds is 18. The van der Waals surface area contributed by atoms with Crippen LogP contribution in [0.15, 0.2) is 100 Å². The molecule has 94 heavy (non-hydrogen) atoms. The summed E-state index contributed by atoms with van der Waals surface area (Å²) in [6.07, 6.45) is 6.29. The third-order valence-electron chi connectivity index (χ3n) is 17.4. The molecule has 0 saturated carbocycles. The van der Waals surface area contributed by atoms with Gasteiger partial charge in [-0.15, -0.1) is 44.2 Å². The quantitative estimate of drug-likeness (QED) is 0.0592. The Morgan fingerprint density at radius 3 is 1.23 bits per heavy atom. The second-order valence-corrected chi connectivity index (χ2v) is 31.3. The topological polar surface area (TPSA) is 182 Å². The van der Waals surface area contributed by atoms with E-state index in [0.29, 0.717) is 70.4 Å². The van der Waals surface area contributed by atoms with Gasteiger partial charge in [-0.05, 0) is 169 Å². The molecule has 9 aromatic rings. The van der Waals surface area contributed by atoms with Crippen LogP contribution in [-0.4, -0.2) is 85.7 Å². The molecule has 0 fully saturated rings. The molecule has 0 N–H and O–H groups in total. The van der Waals surface area contributed by atoms with Crippen molar-refractivity contribution in [1.82, 2.24) is 33.9 Å². The number of aliphatic imine (C=N–C) groups is 3. The molecular formula is C72H75Cl3N10O6S3. The van der Waals surface area contributed by atoms with Crippen molar-refractivity contribution in [1.29, 1.82) is 0 Å². The zero-order chi connectivity index (χ0) is 67.0. The number of imidazole rings is 2. The van der Waals surface area contributed by atoms with Crippen LogP contribution in [0.5, 0.6) is 0 Å². The first-order valence-electron chi connectivity index (χ1n) is 31.6. The number of fused-ring (bicyclic) bond motifs is 9. The van der Waals surface area contributed by atoms with Gasteiger partial charge in [0.05, 0.1) is 36.4 Å². The fourth-order valence-electron chi connectivity index (χ4n) is 12.6. The Hall–Kier alpha value is -7.39. The highest BCUT2D eigenvalue weighted by Gasteiger charge is 2.39. The van der Waals surface area contributed by atoms with Gasteiger partial charge in [-0.1, -0.05) is 78.1 Å². The van der Waals surface area contributed by atoms with Crippen molar-refractivity contribution in [3.63, 3.8) is 0 Å². The lowest BCUT2D eigenvalue weighted by Crippen LogP contribution is -2.29. The second kappa shape index (κ2) is 26.0. The summed E-state index contributed by atoms with van der Waals surface area (Å²) >= 11 is 24.3. The molecule has 0 saturated heterocycles. The molecule has 6 aromatic heterocycles. The lowest BCUT2D eigenvalue weighted by atomic mass is 9.96. The maximum Gasteiger partial charge on any atom is 0.308 e. The van der Waals surface area contributed by atoms with Crippen molar-refractivity contribution in [2.24, 2.45) is 15.0 Å². The molecule has 3 aliphatic rings. The predicted octanol–water partition coefficient (Wildman–Crippen LogP) is 17.3. The van der Waals surface area contributed by atoms with Gasteiger partial charge in [0.2, 0.25) is 0 Å². The van der Waals surface area contributed by atoms with Crippen LogP contribution in [0, 0.1) is 41.5 Å². The van der Waals surface area contributed by atoms with E-state index < -0.39 is 40.9 Å². The largest absolute Gasteiger partial charge is 0.460 e. The minimum atomic E-state index is -0.908. The van der Waals surface area contributed by atoms with E-state index in [9.17, 15) is 14.4 Å². The van der Waals surface area contributed by atoms with Crippen LogP contribution in [0.3, 0.4) is 0 Å². The highest BCUT2D eigenvalue weighted by Crippen LogP contribution is 2.46. The summed E-state index contributed by atoms with van der Waals surface area (Å²) in [5.74, 6) is 1.43. The fourth-order valence-corrected chi connectivity index (χ4v) is 16.9. The molecule has 22 heteroatoms. The number of aryl methyl sites for hydroxylation is 6. The van der Waals surface area contributed by atoms with E-state index in [1.54, 1.807) is 34.0 Å². The molecule has 3 aliphatic heterocycles. The molecule has 16 nitrogen and oxygen atoms in total. The number of nitrogens with zero attached hydrogens (tertiary/aromatic N) is 10. The molecule has 488 valence electrons. The smallest absolute Gasteiger partial charge is 0.308 e. The van der Waals surface area contributed by atoms with Crippen molar-refractivity contribution in [3.8, 4) is 15.0 Å². The zero-order valence-corrected chi connectivity index (χ0v) is 60.0. The zero-order valence-electron chi connectivity index (χ0n) is 55.3. The first-order valence-corrected chi connectivity index (χ1v) is 35.2. The van der Waals surface area contributed by atoms with Crippen molar-refractivity contribution in [3.05, 3.63) is 200 Å². The SMILES string of the molecule is CCc1nnc2n1-c1sc(CCC(C)(C)OC(=O)CC3N=C(c4ccc(Cl)cc4)c4c(sc(C)c4C)-n4c(C)cnc43)c(C)c1C(c1ccc(Cl)cc1)=N[C@H]2CC(=O)OC(C)(C)CCc1sc2c(c1C)C(c1ccc(Cl)cc1)=NC(CC(=O)OC(C)(C)C)c1ncc(C)n1-2. The Morgan fingerprint density at radius 2 is 0.840 bits per heavy atom. The van der Waals surface area contributed by atoms with Gasteiger partial charge in [-0.3, -0.25) is 43.1 Å². The van der Waals surface area contributed by atoms with Crippen LogP contribution in [0.25, 0.3) is 15.0 Å². The van der Waals surface area contributed by atoms with Crippen LogP contribution in [0.1, 0.15) is 205 Å². The summed E-state index contributed by atoms with van der Waals surface area (Å²) in [6, 6.07) is 20.9. The molecule has 0 amide bonds. The number of halogens is 3. The summed E-state index contributed by atoms with van der Waals surface area (Å²) in [5, 5.41) is 14.2. The third kappa shape index (κ3) is 13.3. The number of aromatic nitrogens is 7. The van der Waals surface area contributed by atoms with Crippen LogP contribution >= 0.6 is 68.8 Å². The standard InChI is InChI=1S/C72H75Cl3N10O6S3/c1-15-54-81-82-66-51(34-57(88)91-72(13,14)30-28-52-40(5)59-62(44-18-24-47(74)25-19-44)79-49(32-55(86)89-70(8,9)10)65-77-36-38(3)84(65)68(59)93-52)80-63(45-20-26-48(75)27-21-45)60-41(6)53(94-69(60)85(54)66)29-31-71(11,12)90-56(87)33-50-64-76-35-37(2)83(64)67-58(39(4)42(7)92-67)61(78-50)43-16-22-46(73)23-17-43/h16-27,35-36,49-51H,15,28-34H2,1-14H3/t49?,50?,51-/m0/s1. The van der Waals surface area contributed by atoms with Gasteiger partial charge in [-0.2, -0.15) is 0 Å². The number of hydrogen-bond donors (Lipinski definition) is 0. The lowest BCUT2D eigenvalue weighted by molar-refractivity contribution is -0.158. The molecule has 0 aliphatic carbocycles. The van der Waals surface area contributed by atoms with Crippen LogP contribution < -0.4 is 0 Å². The average Bonchev–Trinajstić information content (AvgIpc) is 1.60. The van der Waals surface area contributed by atoms with Crippen molar-refractivity contribution in [2.75, 3.05) is 0 Å². The Balaban J connectivity index is 0.787. The normalized spacial score (nSPS) is 16.1. The Labute approximate surface area is 575 Å². The molecule has 0 radical (unpaired) electrons. The molecule has 0 bridgehead atoms. The first-order chi connectivity index (χ1) is 44.5. The monoisotopic (exact) mass is 1380 g/mol. The molecule has 2 unspecified atom stereocenters. The van der Waals surface area contributed by atoms with E-state index in [1.807, 2.05) is 154 Å². The van der Waals surface area contributed by atoms with Crippen LogP contribution in [-0.2, 0) is 47.9 Å². The van der Waals surface area contributed by atoms with Gasteiger partial charge >= 0.3 is 17.9 Å². The summed E-state index contributed by atoms with van der Waals surface area (Å²) < 4.78 is 25.1. The van der Waals surface area contributed by atoms with E-state index in [-0.39, 0.29) is 31.2 Å². The Bertz CT molecular complexity index is 4550. The number of carbonyl (C=O) groups is 3. The van der Waals surface area contributed by atoms with Gasteiger partial charge in [0, 0.05) is 93.3 Å². The van der Waals surface area contributed by atoms with Crippen molar-refractivity contribution >= 4 is 104 Å². The fraction of sp³-hybridized carbons (Fsp3) is 0.389. The first kappa shape index (κ1) is 66.6. The van der Waals surface area contributed by atoms with E-state index >= 15 is 0 Å². The van der Waals surface area contributed by atoms with Gasteiger partial charge < -0.3 is 14.2 Å². The molecule has 3 aromatic carbocycles. The molecule has 0 spiro atoms. The average molecular weight is 1380 g/mol. The third-order valence-corrected chi connectivity index (χ3v) is 22.1. The van der Waals surface area contributed by atoms with Crippen molar-refractivity contribution in [2.45, 2.75) is 183 Å². The molecule has 9 heterocycles. The Kier molecular flexibility index (Phi) is 18.4. The summed E-state index contributed by atoms with van der Waals surface area (Å²) in [4.78, 5) is 71.8. The molecule has 3 atom stereocenters. The van der Waals surface area contributed by atoms with Gasteiger partial charge in [-0.25, -0.2) is 9.97 Å². The second-order valence-electron chi connectivity index (χ2n) is 26.6. The predicted molar refractivity (Wildman–Crippen MR) is 376 cm³/mol. The number of hydrogen-bond acceptors (Lipinski definition) is 16. The highest BCUT2D eigenvalue weighted by molar-refractivity contribution is 7.16. The number of benzene rings is 3. The van der Waals surface area contributed by atoms with Gasteiger partial charge in [0.25, 0.3) is 0 Å². The molecular weight excluding hydrogens is 1300 g/mol. The van der Waals surface area contributed by atoms with Crippen molar-refractivity contribution < 1.29 is 28.6 Å². The minimum absolute atomic E-state index is 0.00769. The number of ether oxygens (including phenoxy) is 3. The van der Waals surface area contributed by atoms with Crippen LogP contribution in [0.4, 0.5) is 0 Å². The molecule has 12 rings (SSSR count). The maximum atomic E-state index is 14.7. The highest BCUT2D eigenvalue weighted by atomic mass is 35.5. The van der Waals surface area contributed by atoms with Gasteiger partial charge in [0.1, 0.15) is 67.4 Å². The van der Waals surface area contributed by atoms with E-state index in [0.717, 1.165) is 103 Å². The number of thiophene rings is 3. The van der Waals surface area contributed by atoms with E-state index in [2.05, 4.69) is 41.4 Å².